The van der Waals surface area contributed by atoms with E-state index < -0.39 is 0 Å². The number of rotatable bonds is 12. The lowest BCUT2D eigenvalue weighted by Crippen LogP contribution is -2.21. The van der Waals surface area contributed by atoms with Crippen molar-refractivity contribution in [1.29, 1.82) is 0 Å². The molecule has 0 radical (unpaired) electrons. The molecule has 0 aliphatic carbocycles. The Morgan fingerprint density at radius 1 is 0.167 bits per heavy atom. The molecule has 0 aliphatic rings. The molecule has 0 N–H and O–H groups in total. The van der Waals surface area contributed by atoms with E-state index in [9.17, 15) is 0 Å². The molecule has 72 heavy (non-hydrogen) atoms. The summed E-state index contributed by atoms with van der Waals surface area (Å²) in [6.45, 7) is 30.2. The van der Waals surface area contributed by atoms with Gasteiger partial charge >= 0.3 is 0 Å². The summed E-state index contributed by atoms with van der Waals surface area (Å²) in [5, 5.41) is 0. The van der Waals surface area contributed by atoms with E-state index in [-0.39, 0.29) is 0 Å². The molecular weight excluding hydrogens is 858 g/mol. The van der Waals surface area contributed by atoms with Gasteiger partial charge in [0.2, 0.25) is 0 Å². The molecule has 6 heteroatoms. The Morgan fingerprint density at radius 3 is 0.556 bits per heavy atom. The fourth-order valence-electron chi connectivity index (χ4n) is 9.06. The summed E-state index contributed by atoms with van der Waals surface area (Å²) in [5.41, 5.74) is 23.7. The van der Waals surface area contributed by atoms with Crippen molar-refractivity contribution in [2.75, 3.05) is 0 Å². The molecule has 0 unspecified atom stereocenters. The first-order chi connectivity index (χ1) is 34.6. The second-order valence-corrected chi connectivity index (χ2v) is 21.4. The zero-order chi connectivity index (χ0) is 51.3. The summed E-state index contributed by atoms with van der Waals surface area (Å²) >= 11 is 0. The van der Waals surface area contributed by atoms with Crippen molar-refractivity contribution in [3.8, 4) is 66.8 Å². The second kappa shape index (κ2) is 25.2. The van der Waals surface area contributed by atoms with Crippen LogP contribution in [0.1, 0.15) is 0 Å². The molecule has 9 rings (SSSR count). The minimum atomic E-state index is 0.567. The monoisotopic (exact) mass is 931 g/mol. The minimum absolute atomic E-state index is 0.567. The third-order valence-electron chi connectivity index (χ3n) is 14.1. The number of hydrogen-bond acceptors (Lipinski definition) is 0. The van der Waals surface area contributed by atoms with Crippen molar-refractivity contribution in [2.24, 2.45) is 0 Å². The van der Waals surface area contributed by atoms with Crippen LogP contribution in [0.5, 0.6) is 0 Å². The Morgan fingerprint density at radius 2 is 0.347 bits per heavy atom. The quantitative estimate of drug-likeness (QED) is 0.107. The largest absolute Gasteiger partial charge is 0.169 e. The molecule has 0 heterocycles. The molecule has 0 saturated heterocycles. The highest BCUT2D eigenvalue weighted by molar-refractivity contribution is 6.72. The molecule has 0 fully saturated rings. The van der Waals surface area contributed by atoms with Crippen molar-refractivity contribution in [1.82, 2.24) is 0 Å². The van der Waals surface area contributed by atoms with Gasteiger partial charge in [-0.05, 0) is 72.8 Å². The molecule has 0 spiro atoms. The summed E-state index contributed by atoms with van der Waals surface area (Å²) in [6, 6.07) is 80.1. The predicted molar refractivity (Wildman–Crippen MR) is 335 cm³/mol. The van der Waals surface area contributed by atoms with Gasteiger partial charge in [0.15, 0.2) is 40.3 Å². The third kappa shape index (κ3) is 14.1. The van der Waals surface area contributed by atoms with Gasteiger partial charge in [0, 0.05) is 0 Å². The SMILES string of the molecule is CB(C)c1ccc(-c2ccc(-c3ccc(B(C)C)cc3)cc2)cc1.CB(C)c1ccc(-c2cccc(-c3ccc(B(C)C)cc3)c2)cc1.CB(C)c1ccc(-c2ccccc2-c2ccc(B(C)C)cc2)cc1. The van der Waals surface area contributed by atoms with Crippen LogP contribution < -0.4 is 32.8 Å². The summed E-state index contributed by atoms with van der Waals surface area (Å²) in [4.78, 5) is 0. The van der Waals surface area contributed by atoms with E-state index in [1.54, 1.807) is 0 Å². The van der Waals surface area contributed by atoms with Gasteiger partial charge in [0.1, 0.15) is 0 Å². The average molecular weight is 930 g/mol. The maximum Gasteiger partial charge on any atom is 0.169 e. The standard InChI is InChI=1S/3C22H24B2/c1-23(2)21-13-9-19(10-14-21)17-5-7-18(8-6-17)20-11-15-22(16-12-20)24(3)4;1-23(2)21-12-8-17(9-13-21)19-6-5-7-20(16-19)18-10-14-22(15-11-18)24(3)4;1-23(2)19-13-9-17(10-14-19)21-7-5-6-8-22(21)18-11-15-20(16-12-18)24(3)4/h3*5-16H,1-4H3. The highest BCUT2D eigenvalue weighted by Crippen LogP contribution is 2.32. The Balaban J connectivity index is 0.000000158. The van der Waals surface area contributed by atoms with E-state index in [0.29, 0.717) is 40.3 Å². The van der Waals surface area contributed by atoms with Crippen LogP contribution in [0.4, 0.5) is 0 Å². The van der Waals surface area contributed by atoms with Gasteiger partial charge in [0.25, 0.3) is 0 Å². The molecule has 9 aromatic rings. The molecule has 0 bridgehead atoms. The molecule has 0 atom stereocenters. The first kappa shape index (κ1) is 53.2. The Labute approximate surface area is 437 Å². The molecule has 0 nitrogen and oxygen atoms in total. The highest BCUT2D eigenvalue weighted by Gasteiger charge is 2.12. The van der Waals surface area contributed by atoms with E-state index in [0.717, 1.165) is 0 Å². The molecule has 9 aromatic carbocycles. The van der Waals surface area contributed by atoms with Gasteiger partial charge < -0.3 is 0 Å². The van der Waals surface area contributed by atoms with Crippen molar-refractivity contribution < 1.29 is 0 Å². The van der Waals surface area contributed by atoms with E-state index in [1.807, 2.05) is 0 Å². The van der Waals surface area contributed by atoms with Crippen LogP contribution in [-0.2, 0) is 0 Å². The van der Waals surface area contributed by atoms with Crippen LogP contribution in [0.15, 0.2) is 218 Å². The lowest BCUT2D eigenvalue weighted by atomic mass is 9.49. The van der Waals surface area contributed by atoms with Crippen LogP contribution in [0.25, 0.3) is 66.8 Å². The highest BCUT2D eigenvalue weighted by atomic mass is 14.1. The Kier molecular flexibility index (Phi) is 18.6. The molecule has 0 aromatic heterocycles. The lowest BCUT2D eigenvalue weighted by Gasteiger charge is -2.12. The van der Waals surface area contributed by atoms with Crippen LogP contribution >= 0.6 is 0 Å². The molecule has 354 valence electrons. The Hall–Kier alpha value is -6.63. The van der Waals surface area contributed by atoms with Gasteiger partial charge in [0.05, 0.1) is 0 Å². The lowest BCUT2D eigenvalue weighted by molar-refractivity contribution is 1.59. The van der Waals surface area contributed by atoms with Gasteiger partial charge in [-0.1, -0.05) is 327 Å². The smallest absolute Gasteiger partial charge is 0.0819 e. The molecule has 0 saturated carbocycles. The van der Waals surface area contributed by atoms with E-state index >= 15 is 0 Å². The zero-order valence-corrected chi connectivity index (χ0v) is 45.2. The maximum absolute atomic E-state index is 2.29. The van der Waals surface area contributed by atoms with Crippen molar-refractivity contribution in [3.63, 3.8) is 0 Å². The third-order valence-corrected chi connectivity index (χ3v) is 14.1. The second-order valence-electron chi connectivity index (χ2n) is 21.4. The van der Waals surface area contributed by atoms with Gasteiger partial charge in [-0.25, -0.2) is 0 Å². The summed E-state index contributed by atoms with van der Waals surface area (Å²) in [7, 11) is 0. The van der Waals surface area contributed by atoms with E-state index in [1.165, 1.54) is 99.5 Å². The van der Waals surface area contributed by atoms with Crippen LogP contribution in [0.3, 0.4) is 0 Å². The summed E-state index contributed by atoms with van der Waals surface area (Å²) in [6.07, 6.45) is 0. The van der Waals surface area contributed by atoms with Crippen LogP contribution in [0, 0.1) is 0 Å². The Bertz CT molecular complexity index is 2850. The van der Waals surface area contributed by atoms with Crippen molar-refractivity contribution in [2.45, 2.75) is 81.9 Å². The maximum atomic E-state index is 2.29. The van der Waals surface area contributed by atoms with E-state index in [2.05, 4.69) is 300 Å². The normalized spacial score (nSPS) is 10.5. The van der Waals surface area contributed by atoms with Gasteiger partial charge in [-0.2, -0.15) is 0 Å². The van der Waals surface area contributed by atoms with Crippen molar-refractivity contribution in [3.05, 3.63) is 218 Å². The first-order valence-corrected chi connectivity index (χ1v) is 26.6. The fourth-order valence-corrected chi connectivity index (χ4v) is 9.06. The first-order valence-electron chi connectivity index (χ1n) is 26.6. The van der Waals surface area contributed by atoms with Crippen molar-refractivity contribution >= 4 is 73.1 Å². The molecule has 0 aliphatic heterocycles. The topological polar surface area (TPSA) is 0 Å². The predicted octanol–water partition coefficient (Wildman–Crippen LogP) is 14.8. The summed E-state index contributed by atoms with van der Waals surface area (Å²) in [5.74, 6) is 0. The minimum Gasteiger partial charge on any atom is -0.0819 e. The average Bonchev–Trinajstić information content (AvgIpc) is 3.41. The zero-order valence-electron chi connectivity index (χ0n) is 45.2. The van der Waals surface area contributed by atoms with Crippen LogP contribution in [-0.4, -0.2) is 40.3 Å². The van der Waals surface area contributed by atoms with Crippen LogP contribution in [0.2, 0.25) is 81.9 Å². The number of hydrogen-bond donors (Lipinski definition) is 0. The summed E-state index contributed by atoms with van der Waals surface area (Å²) < 4.78 is 0. The molecular formula is C66H72B6. The fraction of sp³-hybridized carbons (Fsp3) is 0.182. The number of benzene rings is 9. The van der Waals surface area contributed by atoms with Gasteiger partial charge in [-0.15, -0.1) is 0 Å². The van der Waals surface area contributed by atoms with E-state index in [4.69, 9.17) is 0 Å². The molecule has 0 amide bonds. The van der Waals surface area contributed by atoms with Gasteiger partial charge in [-0.3, -0.25) is 0 Å².